The lowest BCUT2D eigenvalue weighted by Crippen LogP contribution is -2.36. The predicted octanol–water partition coefficient (Wildman–Crippen LogP) is -2.19. The maximum atomic E-state index is 12.9. The van der Waals surface area contributed by atoms with Crippen molar-refractivity contribution >= 4 is 41.9 Å². The van der Waals surface area contributed by atoms with E-state index >= 15 is 0 Å². The number of nitrogens with zero attached hydrogens (tertiary/aromatic N) is 8. The van der Waals surface area contributed by atoms with Gasteiger partial charge in [-0.2, -0.15) is 4.98 Å². The van der Waals surface area contributed by atoms with E-state index in [0.29, 0.717) is 5.52 Å². The Hall–Kier alpha value is -3.43. The summed E-state index contributed by atoms with van der Waals surface area (Å²) in [6.07, 6.45) is -5.82. The standard InChI is InChI=1S/C20H25N10O10P/c1-36-19-13(12(33)18(39-19)30-6-27-9-14(21)24-4-25-16(9)30)40-41(34,35)37-3-8-10(31)11(32)17(38-8)29-5-26-7-2-23-20(22)28-15(7)29/h2,4-6,8,10-13,17-19,31-33H,3H2,1H3,(H,34,35)(H2,21,24,25)(H2,22,23,28)/t8-,10?,11?,12?,13?,17-,18-,19+/m1/s1. The van der Waals surface area contributed by atoms with Crippen molar-refractivity contribution in [1.29, 1.82) is 0 Å². The maximum Gasteiger partial charge on any atom is 0.472 e. The third-order valence-corrected chi connectivity index (χ3v) is 7.65. The minimum Gasteiger partial charge on any atom is -0.387 e. The number of rotatable bonds is 8. The maximum absolute atomic E-state index is 12.9. The predicted molar refractivity (Wildman–Crippen MR) is 133 cm³/mol. The summed E-state index contributed by atoms with van der Waals surface area (Å²) >= 11 is 0. The van der Waals surface area contributed by atoms with Crippen LogP contribution >= 0.6 is 7.82 Å². The molecule has 0 spiro atoms. The molecule has 0 aliphatic carbocycles. The summed E-state index contributed by atoms with van der Waals surface area (Å²) in [7, 11) is -3.69. The van der Waals surface area contributed by atoms with Crippen molar-refractivity contribution < 1.29 is 48.0 Å². The molecule has 20 nitrogen and oxygen atoms in total. The second-order valence-corrected chi connectivity index (χ2v) is 10.6. The highest BCUT2D eigenvalue weighted by molar-refractivity contribution is 7.47. The zero-order valence-electron chi connectivity index (χ0n) is 21.1. The van der Waals surface area contributed by atoms with E-state index in [2.05, 4.69) is 29.9 Å². The largest absolute Gasteiger partial charge is 0.472 e. The summed E-state index contributed by atoms with van der Waals surface area (Å²) in [6, 6.07) is 0. The van der Waals surface area contributed by atoms with Crippen LogP contribution in [0.3, 0.4) is 0 Å². The number of fused-ring (bicyclic) bond motifs is 2. The Kier molecular flexibility index (Phi) is 7.06. The highest BCUT2D eigenvalue weighted by atomic mass is 31.2. The van der Waals surface area contributed by atoms with E-state index < -0.39 is 63.7 Å². The second kappa shape index (κ2) is 10.4. The number of anilines is 2. The second-order valence-electron chi connectivity index (χ2n) is 9.17. The third kappa shape index (κ3) is 4.89. The lowest BCUT2D eigenvalue weighted by atomic mass is 10.1. The molecule has 6 rings (SSSR count). The first-order chi connectivity index (χ1) is 19.6. The fraction of sp³-hybridized carbons (Fsp3) is 0.500. The number of imidazole rings is 2. The average molecular weight is 596 g/mol. The summed E-state index contributed by atoms with van der Waals surface area (Å²) < 4.78 is 42.4. The summed E-state index contributed by atoms with van der Waals surface area (Å²) in [5, 5.41) is 32.1. The van der Waals surface area contributed by atoms with Crippen LogP contribution in [0, 0.1) is 0 Å². The van der Waals surface area contributed by atoms with Crippen LogP contribution < -0.4 is 11.5 Å². The summed E-state index contributed by atoms with van der Waals surface area (Å²) in [5.74, 6) is 0.0618. The average Bonchev–Trinajstić information content (AvgIpc) is 3.69. The normalized spacial score (nSPS) is 31.7. The van der Waals surface area contributed by atoms with Gasteiger partial charge in [-0.15, -0.1) is 0 Å². The van der Waals surface area contributed by atoms with Crippen LogP contribution in [-0.4, -0.2) is 110 Å². The van der Waals surface area contributed by atoms with E-state index in [-0.39, 0.29) is 28.6 Å². The van der Waals surface area contributed by atoms with Gasteiger partial charge in [-0.3, -0.25) is 18.2 Å². The van der Waals surface area contributed by atoms with Gasteiger partial charge >= 0.3 is 7.82 Å². The highest BCUT2D eigenvalue weighted by Gasteiger charge is 2.51. The van der Waals surface area contributed by atoms with Crippen LogP contribution in [0.25, 0.3) is 22.3 Å². The Labute approximate surface area is 229 Å². The molecule has 6 heterocycles. The van der Waals surface area contributed by atoms with Crippen LogP contribution in [0.1, 0.15) is 12.5 Å². The number of aromatic nitrogens is 8. The van der Waals surface area contributed by atoms with Crippen LogP contribution in [0.15, 0.2) is 25.2 Å². The molecule has 0 amide bonds. The van der Waals surface area contributed by atoms with Gasteiger partial charge in [0.05, 0.1) is 25.5 Å². The van der Waals surface area contributed by atoms with Gasteiger partial charge in [-0.25, -0.2) is 29.5 Å². The van der Waals surface area contributed by atoms with Crippen molar-refractivity contribution in [3.05, 3.63) is 25.2 Å². The van der Waals surface area contributed by atoms with Crippen LogP contribution in [0.4, 0.5) is 11.8 Å². The quantitative estimate of drug-likeness (QED) is 0.118. The molecular formula is C20H25N10O10P. The number of phosphoric acid groups is 1. The molecule has 2 aliphatic rings. The van der Waals surface area contributed by atoms with Crippen molar-refractivity contribution in [2.45, 2.75) is 49.3 Å². The number of nitrogens with two attached hydrogens (primary N) is 2. The van der Waals surface area contributed by atoms with Crippen molar-refractivity contribution in [3.8, 4) is 0 Å². The molecule has 9 atom stereocenters. The number of phosphoric ester groups is 1. The minimum atomic E-state index is -4.93. The lowest BCUT2D eigenvalue weighted by molar-refractivity contribution is -0.159. The number of hydrogen-bond acceptors (Lipinski definition) is 17. The van der Waals surface area contributed by atoms with Crippen molar-refractivity contribution in [2.75, 3.05) is 25.2 Å². The fourth-order valence-corrected chi connectivity index (χ4v) is 5.61. The SMILES string of the molecule is CO[C@H]1O[C@@H](n2cnc3c(N)ncnc32)C(O)C1OP(=O)(O)OC[C@H]1O[C@@H](n2cnc3cnc(N)nc32)C(O)C1O. The molecule has 220 valence electrons. The van der Waals surface area contributed by atoms with Crippen molar-refractivity contribution in [3.63, 3.8) is 0 Å². The molecule has 4 aromatic rings. The molecule has 0 aromatic carbocycles. The summed E-state index contributed by atoms with van der Waals surface area (Å²) in [6.45, 7) is -0.681. The van der Waals surface area contributed by atoms with E-state index in [0.717, 1.165) is 0 Å². The first kappa shape index (κ1) is 27.7. The number of methoxy groups -OCH3 is 1. The van der Waals surface area contributed by atoms with Gasteiger partial charge in [0.15, 0.2) is 42.0 Å². The number of nitrogen functional groups attached to an aromatic ring is 2. The molecule has 5 unspecified atom stereocenters. The lowest BCUT2D eigenvalue weighted by Gasteiger charge is -2.23. The molecule has 21 heteroatoms. The van der Waals surface area contributed by atoms with Crippen LogP contribution in [0.5, 0.6) is 0 Å². The molecule has 8 N–H and O–H groups in total. The zero-order chi connectivity index (χ0) is 29.1. The zero-order valence-corrected chi connectivity index (χ0v) is 21.9. The molecule has 2 fully saturated rings. The van der Waals surface area contributed by atoms with Gasteiger partial charge in [0.2, 0.25) is 5.95 Å². The summed E-state index contributed by atoms with van der Waals surface area (Å²) in [4.78, 5) is 34.5. The number of aliphatic hydroxyl groups excluding tert-OH is 3. The fourth-order valence-electron chi connectivity index (χ4n) is 4.68. The van der Waals surface area contributed by atoms with E-state index in [1.165, 1.54) is 41.4 Å². The number of aliphatic hydroxyl groups is 3. The topological polar surface area (TPSA) is 283 Å². The van der Waals surface area contributed by atoms with Gasteiger partial charge in [-0.05, 0) is 0 Å². The molecule has 2 aliphatic heterocycles. The Balaban J connectivity index is 1.14. The Morgan fingerprint density at radius 3 is 2.49 bits per heavy atom. The van der Waals surface area contributed by atoms with E-state index in [1.807, 2.05) is 0 Å². The first-order valence-electron chi connectivity index (χ1n) is 12.0. The van der Waals surface area contributed by atoms with Crippen LogP contribution in [-0.2, 0) is 27.8 Å². The smallest absolute Gasteiger partial charge is 0.387 e. The van der Waals surface area contributed by atoms with E-state index in [1.54, 1.807) is 0 Å². The van der Waals surface area contributed by atoms with Gasteiger partial charge in [0.25, 0.3) is 0 Å². The molecular weight excluding hydrogens is 571 g/mol. The van der Waals surface area contributed by atoms with Crippen molar-refractivity contribution in [2.24, 2.45) is 0 Å². The van der Waals surface area contributed by atoms with E-state index in [9.17, 15) is 24.8 Å². The van der Waals surface area contributed by atoms with E-state index in [4.69, 9.17) is 34.7 Å². The minimum absolute atomic E-state index is 0.0427. The molecule has 4 aromatic heterocycles. The summed E-state index contributed by atoms with van der Waals surface area (Å²) in [5.41, 5.74) is 12.5. The monoisotopic (exact) mass is 596 g/mol. The first-order valence-corrected chi connectivity index (χ1v) is 13.5. The van der Waals surface area contributed by atoms with Gasteiger partial charge < -0.3 is 45.9 Å². The van der Waals surface area contributed by atoms with Gasteiger partial charge in [0.1, 0.15) is 41.8 Å². The molecule has 2 saturated heterocycles. The third-order valence-electron chi connectivity index (χ3n) is 6.67. The number of hydrogen-bond donors (Lipinski definition) is 6. The molecule has 41 heavy (non-hydrogen) atoms. The van der Waals surface area contributed by atoms with Gasteiger partial charge in [-0.1, -0.05) is 0 Å². The highest BCUT2D eigenvalue weighted by Crippen LogP contribution is 2.49. The molecule has 0 radical (unpaired) electrons. The molecule has 0 saturated carbocycles. The Morgan fingerprint density at radius 2 is 1.71 bits per heavy atom. The molecule has 0 bridgehead atoms. The Morgan fingerprint density at radius 1 is 0.976 bits per heavy atom. The van der Waals surface area contributed by atoms with Crippen LogP contribution in [0.2, 0.25) is 0 Å². The number of ether oxygens (including phenoxy) is 3. The van der Waals surface area contributed by atoms with Gasteiger partial charge in [0, 0.05) is 7.11 Å². The van der Waals surface area contributed by atoms with Crippen molar-refractivity contribution in [1.82, 2.24) is 39.0 Å². The Bertz CT molecular complexity index is 1620.